The molecule has 0 radical (unpaired) electrons. The molecule has 0 aliphatic heterocycles. The van der Waals surface area contributed by atoms with Crippen LogP contribution in [0.15, 0.2) is 66.9 Å². The van der Waals surface area contributed by atoms with E-state index in [9.17, 15) is 4.79 Å². The van der Waals surface area contributed by atoms with Gasteiger partial charge in [-0.15, -0.1) is 0 Å². The van der Waals surface area contributed by atoms with Crippen LogP contribution in [0.5, 0.6) is 11.5 Å². The molecule has 0 spiro atoms. The second-order valence-electron chi connectivity index (χ2n) is 5.79. The summed E-state index contributed by atoms with van der Waals surface area (Å²) in [6.07, 6.45) is 1.54. The van der Waals surface area contributed by atoms with Gasteiger partial charge in [0, 0.05) is 18.8 Å². The van der Waals surface area contributed by atoms with Gasteiger partial charge >= 0.3 is 0 Å². The number of ether oxygens (including phenoxy) is 2. The number of carbonyl (C=O) groups excluding carboxylic acids is 1. The molecular formula is C21H21N3O3. The predicted molar refractivity (Wildman–Crippen MR) is 105 cm³/mol. The maximum atomic E-state index is 12.3. The molecule has 3 aromatic rings. The zero-order chi connectivity index (χ0) is 19.1. The number of anilines is 2. The van der Waals surface area contributed by atoms with Gasteiger partial charge in [0.15, 0.2) is 0 Å². The standard InChI is InChI=1S/C21H21N3O3/c1-26-17-9-10-19(27-2)18(12-17)24-20-11-8-16(14-22-20)21(25)23-13-15-6-4-3-5-7-15/h3-12,14H,13H2,1-2H3,(H,22,24)(H,23,25). The maximum absolute atomic E-state index is 12.3. The Morgan fingerprint density at radius 1 is 1.00 bits per heavy atom. The number of hydrogen-bond donors (Lipinski definition) is 2. The Bertz CT molecular complexity index is 896. The van der Waals surface area contributed by atoms with Crippen LogP contribution in [-0.4, -0.2) is 25.1 Å². The van der Waals surface area contributed by atoms with Crippen LogP contribution >= 0.6 is 0 Å². The molecule has 0 saturated heterocycles. The first kappa shape index (κ1) is 18.3. The first-order valence-corrected chi connectivity index (χ1v) is 8.47. The zero-order valence-corrected chi connectivity index (χ0v) is 15.2. The summed E-state index contributed by atoms with van der Waals surface area (Å²) in [5, 5.41) is 6.06. The van der Waals surface area contributed by atoms with Crippen LogP contribution in [-0.2, 0) is 6.54 Å². The zero-order valence-electron chi connectivity index (χ0n) is 15.2. The van der Waals surface area contributed by atoms with Gasteiger partial charge in [-0.2, -0.15) is 0 Å². The van der Waals surface area contributed by atoms with Crippen molar-refractivity contribution in [3.05, 3.63) is 78.0 Å². The number of nitrogens with one attached hydrogen (secondary N) is 2. The number of hydrogen-bond acceptors (Lipinski definition) is 5. The highest BCUT2D eigenvalue weighted by molar-refractivity contribution is 5.94. The molecule has 2 N–H and O–H groups in total. The van der Waals surface area contributed by atoms with Crippen LogP contribution in [0.25, 0.3) is 0 Å². The van der Waals surface area contributed by atoms with Crippen molar-refractivity contribution in [1.29, 1.82) is 0 Å². The second kappa shape index (κ2) is 8.71. The normalized spacial score (nSPS) is 10.1. The summed E-state index contributed by atoms with van der Waals surface area (Å²) in [6, 6.07) is 18.7. The maximum Gasteiger partial charge on any atom is 0.253 e. The van der Waals surface area contributed by atoms with E-state index in [1.54, 1.807) is 26.4 Å². The van der Waals surface area contributed by atoms with Crippen LogP contribution in [0.1, 0.15) is 15.9 Å². The third-order valence-corrected chi connectivity index (χ3v) is 3.99. The van der Waals surface area contributed by atoms with E-state index in [-0.39, 0.29) is 5.91 Å². The first-order chi connectivity index (χ1) is 13.2. The average molecular weight is 363 g/mol. The lowest BCUT2D eigenvalue weighted by Gasteiger charge is -2.12. The fraction of sp³-hybridized carbons (Fsp3) is 0.143. The highest BCUT2D eigenvalue weighted by atomic mass is 16.5. The average Bonchev–Trinajstić information content (AvgIpc) is 2.73. The van der Waals surface area contributed by atoms with E-state index in [0.29, 0.717) is 29.4 Å². The Balaban J connectivity index is 1.66. The monoisotopic (exact) mass is 363 g/mol. The molecule has 2 aromatic carbocycles. The summed E-state index contributed by atoms with van der Waals surface area (Å²) in [7, 11) is 3.20. The summed E-state index contributed by atoms with van der Waals surface area (Å²) in [4.78, 5) is 16.6. The van der Waals surface area contributed by atoms with Crippen LogP contribution < -0.4 is 20.1 Å². The summed E-state index contributed by atoms with van der Waals surface area (Å²) < 4.78 is 10.6. The number of pyridine rings is 1. The topological polar surface area (TPSA) is 72.5 Å². The van der Waals surface area contributed by atoms with Crippen LogP contribution in [0.2, 0.25) is 0 Å². The quantitative estimate of drug-likeness (QED) is 0.668. The van der Waals surface area contributed by atoms with Gasteiger partial charge in [0.25, 0.3) is 5.91 Å². The Kier molecular flexibility index (Phi) is 5.89. The molecule has 6 nitrogen and oxygen atoms in total. The van der Waals surface area contributed by atoms with Gasteiger partial charge in [0.1, 0.15) is 17.3 Å². The minimum absolute atomic E-state index is 0.170. The molecule has 0 unspecified atom stereocenters. The van der Waals surface area contributed by atoms with E-state index in [0.717, 1.165) is 11.3 Å². The van der Waals surface area contributed by atoms with E-state index < -0.39 is 0 Å². The molecule has 0 saturated carbocycles. The summed E-state index contributed by atoms with van der Waals surface area (Å²) in [5.41, 5.74) is 2.27. The number of carbonyl (C=O) groups is 1. The Morgan fingerprint density at radius 3 is 2.48 bits per heavy atom. The van der Waals surface area contributed by atoms with Gasteiger partial charge in [-0.3, -0.25) is 4.79 Å². The fourth-order valence-electron chi connectivity index (χ4n) is 2.53. The lowest BCUT2D eigenvalue weighted by atomic mass is 10.2. The molecule has 0 aliphatic rings. The van der Waals surface area contributed by atoms with Crippen molar-refractivity contribution in [2.45, 2.75) is 6.54 Å². The highest BCUT2D eigenvalue weighted by Gasteiger charge is 2.09. The van der Waals surface area contributed by atoms with Gasteiger partial charge in [0.05, 0.1) is 25.5 Å². The SMILES string of the molecule is COc1ccc(OC)c(Nc2ccc(C(=O)NCc3ccccc3)cn2)c1. The first-order valence-electron chi connectivity index (χ1n) is 8.47. The van der Waals surface area contributed by atoms with Crippen molar-refractivity contribution in [2.75, 3.05) is 19.5 Å². The molecule has 27 heavy (non-hydrogen) atoms. The highest BCUT2D eigenvalue weighted by Crippen LogP contribution is 2.30. The second-order valence-corrected chi connectivity index (χ2v) is 5.79. The number of methoxy groups -OCH3 is 2. The van der Waals surface area contributed by atoms with Gasteiger partial charge in [-0.1, -0.05) is 30.3 Å². The number of nitrogens with zero attached hydrogens (tertiary/aromatic N) is 1. The Hall–Kier alpha value is -3.54. The molecule has 1 amide bonds. The Labute approximate surface area is 158 Å². The number of aromatic nitrogens is 1. The van der Waals surface area contributed by atoms with E-state index >= 15 is 0 Å². The minimum Gasteiger partial charge on any atom is -0.497 e. The molecule has 0 fully saturated rings. The number of rotatable bonds is 7. The van der Waals surface area contributed by atoms with Crippen molar-refractivity contribution in [1.82, 2.24) is 10.3 Å². The summed E-state index contributed by atoms with van der Waals surface area (Å²) >= 11 is 0. The van der Waals surface area contributed by atoms with Gasteiger partial charge < -0.3 is 20.1 Å². The van der Waals surface area contributed by atoms with Crippen LogP contribution in [0.4, 0.5) is 11.5 Å². The van der Waals surface area contributed by atoms with Crippen molar-refractivity contribution in [3.63, 3.8) is 0 Å². The summed E-state index contributed by atoms with van der Waals surface area (Å²) in [5.74, 6) is 1.80. The molecule has 6 heteroatoms. The molecule has 1 aromatic heterocycles. The smallest absolute Gasteiger partial charge is 0.253 e. The van der Waals surface area contributed by atoms with Crippen molar-refractivity contribution < 1.29 is 14.3 Å². The van der Waals surface area contributed by atoms with Crippen molar-refractivity contribution >= 4 is 17.4 Å². The van der Waals surface area contributed by atoms with E-state index in [1.165, 1.54) is 6.20 Å². The third kappa shape index (κ3) is 4.76. The van der Waals surface area contributed by atoms with Gasteiger partial charge in [-0.05, 0) is 29.8 Å². The Morgan fingerprint density at radius 2 is 1.81 bits per heavy atom. The summed E-state index contributed by atoms with van der Waals surface area (Å²) in [6.45, 7) is 0.473. The predicted octanol–water partition coefficient (Wildman–Crippen LogP) is 3.77. The van der Waals surface area contributed by atoms with E-state index in [1.807, 2.05) is 48.5 Å². The minimum atomic E-state index is -0.170. The van der Waals surface area contributed by atoms with Gasteiger partial charge in [-0.25, -0.2) is 4.98 Å². The number of amides is 1. The molecule has 0 atom stereocenters. The molecule has 0 bridgehead atoms. The lowest BCUT2D eigenvalue weighted by molar-refractivity contribution is 0.0950. The molecule has 138 valence electrons. The van der Waals surface area contributed by atoms with E-state index in [2.05, 4.69) is 15.6 Å². The molecule has 3 rings (SSSR count). The number of benzene rings is 2. The van der Waals surface area contributed by atoms with Crippen molar-refractivity contribution in [3.8, 4) is 11.5 Å². The molecular weight excluding hydrogens is 342 g/mol. The third-order valence-electron chi connectivity index (χ3n) is 3.99. The lowest BCUT2D eigenvalue weighted by Crippen LogP contribution is -2.22. The molecule has 0 aliphatic carbocycles. The molecule has 1 heterocycles. The fourth-order valence-corrected chi connectivity index (χ4v) is 2.53. The van der Waals surface area contributed by atoms with Crippen LogP contribution in [0, 0.1) is 0 Å². The van der Waals surface area contributed by atoms with E-state index in [4.69, 9.17) is 9.47 Å². The largest absolute Gasteiger partial charge is 0.497 e. The van der Waals surface area contributed by atoms with Crippen molar-refractivity contribution in [2.24, 2.45) is 0 Å². The van der Waals surface area contributed by atoms with Gasteiger partial charge in [0.2, 0.25) is 0 Å². The van der Waals surface area contributed by atoms with Crippen LogP contribution in [0.3, 0.4) is 0 Å².